The number of anilines is 1. The van der Waals surface area contributed by atoms with Crippen molar-refractivity contribution in [2.24, 2.45) is 0 Å². The predicted octanol–water partition coefficient (Wildman–Crippen LogP) is 4.14. The average Bonchev–Trinajstić information content (AvgIpc) is 2.81. The first-order valence-corrected chi connectivity index (χ1v) is 9.10. The molecule has 2 aromatic carbocycles. The second kappa shape index (κ2) is 6.66. The van der Waals surface area contributed by atoms with Crippen LogP contribution < -0.4 is 15.4 Å². The van der Waals surface area contributed by atoms with Crippen molar-refractivity contribution in [2.75, 3.05) is 25.0 Å². The second-order valence-corrected chi connectivity index (χ2v) is 7.16. The maximum Gasteiger partial charge on any atom is 0.122 e. The van der Waals surface area contributed by atoms with Gasteiger partial charge in [-0.25, -0.2) is 0 Å². The van der Waals surface area contributed by atoms with Crippen LogP contribution in [0.4, 0.5) is 5.69 Å². The first kappa shape index (κ1) is 15.8. The molecule has 0 saturated heterocycles. The zero-order chi connectivity index (χ0) is 16.5. The van der Waals surface area contributed by atoms with Crippen LogP contribution in [0, 0.1) is 0 Å². The minimum absolute atomic E-state index is 0.475. The molecule has 3 nitrogen and oxygen atoms in total. The zero-order valence-corrected chi connectivity index (χ0v) is 14.7. The number of fused-ring (bicyclic) bond motifs is 2. The van der Waals surface area contributed by atoms with E-state index in [2.05, 4.69) is 41.8 Å². The lowest BCUT2D eigenvalue weighted by molar-refractivity contribution is 0.337. The number of benzene rings is 2. The van der Waals surface area contributed by atoms with Gasteiger partial charge in [0.1, 0.15) is 5.75 Å². The van der Waals surface area contributed by atoms with E-state index in [1.54, 1.807) is 0 Å². The van der Waals surface area contributed by atoms with Crippen LogP contribution in [0.15, 0.2) is 30.3 Å². The molecule has 0 amide bonds. The maximum absolute atomic E-state index is 6.49. The molecular weight excluding hydrogens is 320 g/mol. The summed E-state index contributed by atoms with van der Waals surface area (Å²) in [5.41, 5.74) is 6.46. The molecule has 4 heteroatoms. The number of hydrogen-bond donors (Lipinski definition) is 2. The van der Waals surface area contributed by atoms with Crippen molar-refractivity contribution in [3.63, 3.8) is 0 Å². The summed E-state index contributed by atoms with van der Waals surface area (Å²) in [6, 6.07) is 10.7. The highest BCUT2D eigenvalue weighted by molar-refractivity contribution is 6.33. The largest absolute Gasteiger partial charge is 0.493 e. The molecule has 2 heterocycles. The Balaban J connectivity index is 1.57. The second-order valence-electron chi connectivity index (χ2n) is 6.75. The fourth-order valence-corrected chi connectivity index (χ4v) is 3.90. The van der Waals surface area contributed by atoms with Gasteiger partial charge in [-0.3, -0.25) is 0 Å². The van der Waals surface area contributed by atoms with Crippen molar-refractivity contribution < 1.29 is 4.74 Å². The molecule has 1 unspecified atom stereocenters. The van der Waals surface area contributed by atoms with E-state index < -0.39 is 0 Å². The summed E-state index contributed by atoms with van der Waals surface area (Å²) < 4.78 is 5.69. The lowest BCUT2D eigenvalue weighted by Crippen LogP contribution is -2.16. The predicted molar refractivity (Wildman–Crippen MR) is 99.4 cm³/mol. The molecule has 0 bridgehead atoms. The van der Waals surface area contributed by atoms with E-state index in [4.69, 9.17) is 16.3 Å². The smallest absolute Gasteiger partial charge is 0.122 e. The summed E-state index contributed by atoms with van der Waals surface area (Å²) >= 11 is 6.49. The summed E-state index contributed by atoms with van der Waals surface area (Å²) in [4.78, 5) is 0. The van der Waals surface area contributed by atoms with E-state index in [1.165, 1.54) is 22.3 Å². The first-order valence-electron chi connectivity index (χ1n) is 8.73. The van der Waals surface area contributed by atoms with Gasteiger partial charge in [-0.2, -0.15) is 0 Å². The monoisotopic (exact) mass is 342 g/mol. The molecule has 2 aromatic rings. The van der Waals surface area contributed by atoms with Gasteiger partial charge in [0.25, 0.3) is 0 Å². The van der Waals surface area contributed by atoms with Crippen molar-refractivity contribution in [1.82, 2.24) is 5.32 Å². The average molecular weight is 343 g/mol. The Hall–Kier alpha value is -1.71. The molecule has 2 aliphatic rings. The Morgan fingerprint density at radius 1 is 1.21 bits per heavy atom. The third-order valence-corrected chi connectivity index (χ3v) is 5.36. The van der Waals surface area contributed by atoms with E-state index in [0.29, 0.717) is 5.92 Å². The Labute approximate surface area is 148 Å². The van der Waals surface area contributed by atoms with Gasteiger partial charge in [0.15, 0.2) is 0 Å². The van der Waals surface area contributed by atoms with Crippen molar-refractivity contribution in [1.29, 1.82) is 0 Å². The summed E-state index contributed by atoms with van der Waals surface area (Å²) in [6.45, 7) is 5.83. The highest BCUT2D eigenvalue weighted by atomic mass is 35.5. The number of hydrogen-bond acceptors (Lipinski definition) is 3. The van der Waals surface area contributed by atoms with Gasteiger partial charge < -0.3 is 15.4 Å². The van der Waals surface area contributed by atoms with Crippen LogP contribution in [0.25, 0.3) is 0 Å². The van der Waals surface area contributed by atoms with E-state index in [-0.39, 0.29) is 0 Å². The molecule has 0 radical (unpaired) electrons. The molecule has 0 aliphatic carbocycles. The molecule has 2 N–H and O–H groups in total. The van der Waals surface area contributed by atoms with Gasteiger partial charge in [0.05, 0.1) is 17.3 Å². The van der Waals surface area contributed by atoms with Crippen LogP contribution in [0.5, 0.6) is 5.75 Å². The van der Waals surface area contributed by atoms with Crippen LogP contribution in [0.3, 0.4) is 0 Å². The zero-order valence-electron chi connectivity index (χ0n) is 14.0. The Morgan fingerprint density at radius 3 is 3.00 bits per heavy atom. The molecule has 2 aliphatic heterocycles. The molecule has 0 fully saturated rings. The minimum atomic E-state index is 0.475. The van der Waals surface area contributed by atoms with Gasteiger partial charge >= 0.3 is 0 Å². The fourth-order valence-electron chi connectivity index (χ4n) is 3.65. The molecular formula is C20H23ClN2O. The van der Waals surface area contributed by atoms with Crippen LogP contribution >= 0.6 is 11.6 Å². The van der Waals surface area contributed by atoms with Gasteiger partial charge in [-0.05, 0) is 60.8 Å². The molecule has 24 heavy (non-hydrogen) atoms. The van der Waals surface area contributed by atoms with E-state index in [9.17, 15) is 0 Å². The summed E-state index contributed by atoms with van der Waals surface area (Å²) in [5.74, 6) is 1.51. The highest BCUT2D eigenvalue weighted by Gasteiger charge is 2.20. The van der Waals surface area contributed by atoms with Gasteiger partial charge in [-0.15, -0.1) is 0 Å². The minimum Gasteiger partial charge on any atom is -0.493 e. The summed E-state index contributed by atoms with van der Waals surface area (Å²) in [5, 5.41) is 7.87. The molecule has 0 saturated carbocycles. The van der Waals surface area contributed by atoms with Crippen molar-refractivity contribution in [2.45, 2.75) is 32.2 Å². The van der Waals surface area contributed by atoms with Crippen LogP contribution in [0.1, 0.15) is 35.1 Å². The van der Waals surface area contributed by atoms with Gasteiger partial charge in [-0.1, -0.05) is 30.7 Å². The Bertz CT molecular complexity index is 760. The summed E-state index contributed by atoms with van der Waals surface area (Å²) in [6.07, 6.45) is 2.09. The van der Waals surface area contributed by atoms with Crippen LogP contribution in [-0.4, -0.2) is 19.7 Å². The molecule has 1 atom stereocenters. The van der Waals surface area contributed by atoms with Crippen LogP contribution in [0.2, 0.25) is 5.02 Å². The van der Waals surface area contributed by atoms with Gasteiger partial charge in [0, 0.05) is 18.0 Å². The topological polar surface area (TPSA) is 33.3 Å². The van der Waals surface area contributed by atoms with Crippen LogP contribution in [-0.2, 0) is 19.4 Å². The fraction of sp³-hybridized carbons (Fsp3) is 0.400. The number of nitrogens with one attached hydrogen (secondary N) is 2. The maximum atomic E-state index is 6.49. The number of halogens is 1. The third-order valence-electron chi connectivity index (χ3n) is 5.05. The first-order chi connectivity index (χ1) is 11.7. The number of ether oxygens (including phenoxy) is 1. The van der Waals surface area contributed by atoms with Crippen molar-refractivity contribution in [3.8, 4) is 5.75 Å². The van der Waals surface area contributed by atoms with E-state index >= 15 is 0 Å². The quantitative estimate of drug-likeness (QED) is 0.879. The highest BCUT2D eigenvalue weighted by Crippen LogP contribution is 2.35. The number of rotatable bonds is 3. The SMILES string of the molecule is CC1COc2ccc(CNc3c(Cl)ccc4c3CCNCC4)cc21. The molecule has 126 valence electrons. The van der Waals surface area contributed by atoms with Crippen molar-refractivity contribution in [3.05, 3.63) is 57.6 Å². The van der Waals surface area contributed by atoms with E-state index in [1.807, 2.05) is 6.07 Å². The standard InChI is InChI=1S/C20H23ClN2O/c1-13-12-24-19-5-2-14(10-17(13)19)11-23-20-16-7-9-22-8-6-15(16)3-4-18(20)21/h2-5,10,13,22-23H,6-9,11-12H2,1H3. The lowest BCUT2D eigenvalue weighted by atomic mass is 9.99. The van der Waals surface area contributed by atoms with E-state index in [0.717, 1.165) is 55.5 Å². The Morgan fingerprint density at radius 2 is 2.08 bits per heavy atom. The Kier molecular flexibility index (Phi) is 4.38. The third kappa shape index (κ3) is 2.99. The lowest BCUT2D eigenvalue weighted by Gasteiger charge is -2.16. The molecule has 0 aromatic heterocycles. The van der Waals surface area contributed by atoms with Gasteiger partial charge in [0.2, 0.25) is 0 Å². The summed E-state index contributed by atoms with van der Waals surface area (Å²) in [7, 11) is 0. The van der Waals surface area contributed by atoms with Crippen molar-refractivity contribution >= 4 is 17.3 Å². The molecule has 4 rings (SSSR count). The molecule has 0 spiro atoms. The normalized spacial score (nSPS) is 19.2.